The van der Waals surface area contributed by atoms with Gasteiger partial charge in [-0.2, -0.15) is 0 Å². The molecule has 3 heteroatoms. The van der Waals surface area contributed by atoms with Crippen molar-refractivity contribution in [3.05, 3.63) is 0 Å². The molecule has 84 valence electrons. The number of hydrogen-bond donors (Lipinski definition) is 1. The van der Waals surface area contributed by atoms with Crippen LogP contribution in [0, 0.1) is 5.92 Å². The Morgan fingerprint density at radius 1 is 1.57 bits per heavy atom. The number of nitrogens with two attached hydrogens (primary N) is 1. The highest BCUT2D eigenvalue weighted by atomic mass is 16.5. The van der Waals surface area contributed by atoms with E-state index in [1.165, 1.54) is 12.8 Å². The third-order valence-corrected chi connectivity index (χ3v) is 3.01. The highest BCUT2D eigenvalue weighted by molar-refractivity contribution is 4.75. The predicted molar refractivity (Wildman–Crippen MR) is 59.3 cm³/mol. The Bertz CT molecular complexity index is 146. The largest absolute Gasteiger partial charge is 0.380 e. The van der Waals surface area contributed by atoms with Crippen LogP contribution in [-0.2, 0) is 4.74 Å². The maximum atomic E-state index is 5.65. The molecule has 0 spiro atoms. The molecule has 14 heavy (non-hydrogen) atoms. The average Bonchev–Trinajstić information content (AvgIpc) is 2.26. The molecule has 0 aromatic rings. The van der Waals surface area contributed by atoms with E-state index in [-0.39, 0.29) is 0 Å². The van der Waals surface area contributed by atoms with Gasteiger partial charge in [0.1, 0.15) is 0 Å². The van der Waals surface area contributed by atoms with Crippen LogP contribution in [0.2, 0.25) is 0 Å². The summed E-state index contributed by atoms with van der Waals surface area (Å²) in [5, 5.41) is 0. The van der Waals surface area contributed by atoms with Gasteiger partial charge in [-0.05, 0) is 31.8 Å². The third kappa shape index (κ3) is 3.56. The summed E-state index contributed by atoms with van der Waals surface area (Å²) in [4.78, 5) is 2.51. The molecule has 1 fully saturated rings. The van der Waals surface area contributed by atoms with Crippen molar-refractivity contribution < 1.29 is 4.74 Å². The summed E-state index contributed by atoms with van der Waals surface area (Å²) in [6.45, 7) is 9.29. The van der Waals surface area contributed by atoms with E-state index in [4.69, 9.17) is 10.5 Å². The van der Waals surface area contributed by atoms with Crippen LogP contribution < -0.4 is 5.73 Å². The minimum Gasteiger partial charge on any atom is -0.380 e. The summed E-state index contributed by atoms with van der Waals surface area (Å²) in [7, 11) is 0. The molecule has 1 heterocycles. The molecule has 0 bridgehead atoms. The highest BCUT2D eigenvalue weighted by Crippen LogP contribution is 2.14. The van der Waals surface area contributed by atoms with Crippen LogP contribution in [0.3, 0.4) is 0 Å². The molecular weight excluding hydrogens is 176 g/mol. The van der Waals surface area contributed by atoms with Crippen LogP contribution in [0.25, 0.3) is 0 Å². The molecule has 1 rings (SSSR count). The van der Waals surface area contributed by atoms with E-state index >= 15 is 0 Å². The van der Waals surface area contributed by atoms with Gasteiger partial charge >= 0.3 is 0 Å². The summed E-state index contributed by atoms with van der Waals surface area (Å²) in [6.07, 6.45) is 2.49. The van der Waals surface area contributed by atoms with Gasteiger partial charge < -0.3 is 10.5 Å². The van der Waals surface area contributed by atoms with Crippen molar-refractivity contribution in [2.45, 2.75) is 32.7 Å². The molecule has 2 unspecified atom stereocenters. The Morgan fingerprint density at radius 2 is 2.36 bits per heavy atom. The molecule has 0 saturated carbocycles. The van der Waals surface area contributed by atoms with Crippen molar-refractivity contribution in [3.63, 3.8) is 0 Å². The molecule has 2 N–H and O–H groups in total. The zero-order valence-corrected chi connectivity index (χ0v) is 9.54. The topological polar surface area (TPSA) is 38.5 Å². The maximum Gasteiger partial charge on any atom is 0.0621 e. The fraction of sp³-hybridized carbons (Fsp3) is 1.00. The monoisotopic (exact) mass is 200 g/mol. The lowest BCUT2D eigenvalue weighted by Gasteiger charge is -2.34. The third-order valence-electron chi connectivity index (χ3n) is 3.01. The van der Waals surface area contributed by atoms with E-state index < -0.39 is 0 Å². The maximum absolute atomic E-state index is 5.65. The molecule has 0 aromatic carbocycles. The zero-order valence-electron chi connectivity index (χ0n) is 9.54. The van der Waals surface area contributed by atoms with E-state index in [0.717, 1.165) is 32.8 Å². The van der Waals surface area contributed by atoms with Gasteiger partial charge in [-0.25, -0.2) is 0 Å². The van der Waals surface area contributed by atoms with Crippen LogP contribution in [-0.4, -0.2) is 43.8 Å². The number of likely N-dealkylation sites (N-methyl/N-ethyl adjacent to an activating group) is 1. The number of rotatable bonds is 5. The Kier molecular flexibility index (Phi) is 5.45. The van der Waals surface area contributed by atoms with Gasteiger partial charge in [0.15, 0.2) is 0 Å². The molecule has 2 atom stereocenters. The fourth-order valence-corrected chi connectivity index (χ4v) is 2.02. The second-order valence-electron chi connectivity index (χ2n) is 4.30. The Hall–Kier alpha value is -0.120. The summed E-state index contributed by atoms with van der Waals surface area (Å²) in [5.74, 6) is 0.594. The van der Waals surface area contributed by atoms with Crippen LogP contribution >= 0.6 is 0 Å². The first-order valence-electron chi connectivity index (χ1n) is 5.79. The minimum atomic E-state index is 0.594. The molecule has 0 aromatic heterocycles. The highest BCUT2D eigenvalue weighted by Gasteiger charge is 2.21. The summed E-state index contributed by atoms with van der Waals surface area (Å²) in [5.41, 5.74) is 5.65. The Labute approximate surface area is 87.6 Å². The van der Waals surface area contributed by atoms with Crippen LogP contribution in [0.15, 0.2) is 0 Å². The predicted octanol–water partition coefficient (Wildman–Crippen LogP) is 1.08. The van der Waals surface area contributed by atoms with Crippen molar-refractivity contribution >= 4 is 0 Å². The lowest BCUT2D eigenvalue weighted by molar-refractivity contribution is 0.0153. The summed E-state index contributed by atoms with van der Waals surface area (Å²) < 4.78 is 5.51. The van der Waals surface area contributed by atoms with Crippen LogP contribution in [0.5, 0.6) is 0 Å². The van der Waals surface area contributed by atoms with Gasteiger partial charge in [-0.3, -0.25) is 4.90 Å². The SMILES string of the molecule is CCN(CC(C)CN)C1CCCOC1. The van der Waals surface area contributed by atoms with E-state index in [9.17, 15) is 0 Å². The molecule has 3 nitrogen and oxygen atoms in total. The molecule has 0 amide bonds. The van der Waals surface area contributed by atoms with Gasteiger partial charge in [-0.15, -0.1) is 0 Å². The first kappa shape index (κ1) is 12.0. The van der Waals surface area contributed by atoms with E-state index in [1.807, 2.05) is 0 Å². The number of hydrogen-bond acceptors (Lipinski definition) is 3. The molecular formula is C11H24N2O. The summed E-state index contributed by atoms with van der Waals surface area (Å²) >= 11 is 0. The Morgan fingerprint density at radius 3 is 2.86 bits per heavy atom. The smallest absolute Gasteiger partial charge is 0.0621 e. The average molecular weight is 200 g/mol. The lowest BCUT2D eigenvalue weighted by Crippen LogP contribution is -2.44. The van der Waals surface area contributed by atoms with Gasteiger partial charge in [0, 0.05) is 19.2 Å². The fourth-order valence-electron chi connectivity index (χ4n) is 2.02. The first-order chi connectivity index (χ1) is 6.77. The molecule has 1 aliphatic heterocycles. The van der Waals surface area contributed by atoms with E-state index in [0.29, 0.717) is 12.0 Å². The van der Waals surface area contributed by atoms with Crippen LogP contribution in [0.1, 0.15) is 26.7 Å². The lowest BCUT2D eigenvalue weighted by atomic mass is 10.1. The van der Waals surface area contributed by atoms with Crippen molar-refractivity contribution in [3.8, 4) is 0 Å². The quantitative estimate of drug-likeness (QED) is 0.722. The molecule has 1 aliphatic rings. The minimum absolute atomic E-state index is 0.594. The van der Waals surface area contributed by atoms with Crippen molar-refractivity contribution in [2.24, 2.45) is 11.7 Å². The zero-order chi connectivity index (χ0) is 10.4. The first-order valence-corrected chi connectivity index (χ1v) is 5.79. The van der Waals surface area contributed by atoms with Gasteiger partial charge in [-0.1, -0.05) is 13.8 Å². The van der Waals surface area contributed by atoms with Crippen molar-refractivity contribution in [1.82, 2.24) is 4.90 Å². The second-order valence-corrected chi connectivity index (χ2v) is 4.30. The normalized spacial score (nSPS) is 25.3. The van der Waals surface area contributed by atoms with Crippen molar-refractivity contribution in [2.75, 3.05) is 32.8 Å². The van der Waals surface area contributed by atoms with Crippen LogP contribution in [0.4, 0.5) is 0 Å². The van der Waals surface area contributed by atoms with Gasteiger partial charge in [0.05, 0.1) is 6.61 Å². The molecule has 0 aliphatic carbocycles. The van der Waals surface area contributed by atoms with Gasteiger partial charge in [0.25, 0.3) is 0 Å². The van der Waals surface area contributed by atoms with Crippen molar-refractivity contribution in [1.29, 1.82) is 0 Å². The molecule has 1 saturated heterocycles. The van der Waals surface area contributed by atoms with E-state index in [2.05, 4.69) is 18.7 Å². The summed E-state index contributed by atoms with van der Waals surface area (Å²) in [6, 6.07) is 0.628. The van der Waals surface area contributed by atoms with Gasteiger partial charge in [0.2, 0.25) is 0 Å². The second kappa shape index (κ2) is 6.38. The van der Waals surface area contributed by atoms with E-state index in [1.54, 1.807) is 0 Å². The number of nitrogens with zero attached hydrogens (tertiary/aromatic N) is 1. The number of ether oxygens (including phenoxy) is 1. The Balaban J connectivity index is 2.35. The molecule has 0 radical (unpaired) electrons. The standard InChI is InChI=1S/C11H24N2O/c1-3-13(8-10(2)7-12)11-5-4-6-14-9-11/h10-11H,3-9,12H2,1-2H3.